The molecule has 3 aromatic carbocycles. The average molecular weight is 526 g/mol. The van der Waals surface area contributed by atoms with Gasteiger partial charge in [-0.15, -0.1) is 0 Å². The summed E-state index contributed by atoms with van der Waals surface area (Å²) >= 11 is 4.54. The lowest BCUT2D eigenvalue weighted by Crippen LogP contribution is -2.36. The molecule has 7 heteroatoms. The molecule has 3 aromatic rings. The SMILES string of the molecule is CC[C@H](C)N1C(=O)S/C(=C\c2cc(OC)c(OCc3cccc4ccccc34)cc2Br)C1=O. The van der Waals surface area contributed by atoms with Crippen molar-refractivity contribution in [2.24, 2.45) is 0 Å². The molecule has 1 aliphatic rings. The third kappa shape index (κ3) is 4.80. The first-order valence-corrected chi connectivity index (χ1v) is 12.3. The van der Waals surface area contributed by atoms with Gasteiger partial charge in [-0.05, 0) is 65.2 Å². The van der Waals surface area contributed by atoms with Crippen molar-refractivity contribution >= 4 is 55.7 Å². The van der Waals surface area contributed by atoms with Gasteiger partial charge < -0.3 is 9.47 Å². The molecule has 1 saturated heterocycles. The maximum Gasteiger partial charge on any atom is 0.293 e. The first-order chi connectivity index (χ1) is 15.9. The van der Waals surface area contributed by atoms with Crippen LogP contribution in [0.15, 0.2) is 64.0 Å². The molecule has 2 amide bonds. The maximum atomic E-state index is 12.8. The number of ether oxygens (including phenoxy) is 2. The van der Waals surface area contributed by atoms with Gasteiger partial charge in [0.2, 0.25) is 0 Å². The van der Waals surface area contributed by atoms with Crippen molar-refractivity contribution < 1.29 is 19.1 Å². The van der Waals surface area contributed by atoms with Gasteiger partial charge in [-0.2, -0.15) is 0 Å². The number of amides is 2. The minimum Gasteiger partial charge on any atom is -0.493 e. The van der Waals surface area contributed by atoms with E-state index >= 15 is 0 Å². The standard InChI is InChI=1S/C26H24BrNO4S/c1-4-16(2)28-25(29)24(33-26(28)30)13-19-12-22(31-3)23(14-21(19)27)32-15-18-10-7-9-17-8-5-6-11-20(17)18/h5-14,16H,4,15H2,1-3H3/b24-13-/t16-/m0/s1. The number of benzene rings is 3. The summed E-state index contributed by atoms with van der Waals surface area (Å²) in [4.78, 5) is 26.8. The third-order valence-electron chi connectivity index (χ3n) is 5.69. The second kappa shape index (κ2) is 10.0. The van der Waals surface area contributed by atoms with E-state index in [9.17, 15) is 9.59 Å². The fourth-order valence-corrected chi connectivity index (χ4v) is 5.05. The molecule has 0 radical (unpaired) electrons. The van der Waals surface area contributed by atoms with Gasteiger partial charge in [0.1, 0.15) is 6.61 Å². The van der Waals surface area contributed by atoms with Crippen molar-refractivity contribution in [3.63, 3.8) is 0 Å². The molecule has 0 unspecified atom stereocenters. The topological polar surface area (TPSA) is 55.8 Å². The van der Waals surface area contributed by atoms with Gasteiger partial charge in [-0.25, -0.2) is 0 Å². The van der Waals surface area contributed by atoms with Crippen LogP contribution < -0.4 is 9.47 Å². The Morgan fingerprint density at radius 3 is 2.61 bits per heavy atom. The smallest absolute Gasteiger partial charge is 0.293 e. The van der Waals surface area contributed by atoms with Crippen LogP contribution in [0.2, 0.25) is 0 Å². The van der Waals surface area contributed by atoms with Crippen LogP contribution in [0.25, 0.3) is 16.8 Å². The van der Waals surface area contributed by atoms with Gasteiger partial charge in [-0.3, -0.25) is 14.5 Å². The predicted octanol–water partition coefficient (Wildman–Crippen LogP) is 7.02. The summed E-state index contributed by atoms with van der Waals surface area (Å²) in [7, 11) is 1.58. The second-order valence-electron chi connectivity index (χ2n) is 7.76. The third-order valence-corrected chi connectivity index (χ3v) is 7.26. The lowest BCUT2D eigenvalue weighted by molar-refractivity contribution is -0.124. The second-order valence-corrected chi connectivity index (χ2v) is 9.61. The monoisotopic (exact) mass is 525 g/mol. The van der Waals surface area contributed by atoms with Crippen LogP contribution >= 0.6 is 27.7 Å². The molecule has 1 fully saturated rings. The van der Waals surface area contributed by atoms with E-state index in [4.69, 9.17) is 9.47 Å². The quantitative estimate of drug-likeness (QED) is 0.310. The predicted molar refractivity (Wildman–Crippen MR) is 137 cm³/mol. The molecule has 1 aliphatic heterocycles. The molecule has 4 rings (SSSR count). The zero-order valence-corrected chi connectivity index (χ0v) is 21.0. The Hall–Kier alpha value is -2.77. The number of nitrogens with zero attached hydrogens (tertiary/aromatic N) is 1. The van der Waals surface area contributed by atoms with E-state index in [0.29, 0.717) is 29.4 Å². The van der Waals surface area contributed by atoms with Crippen molar-refractivity contribution in [1.82, 2.24) is 4.90 Å². The van der Waals surface area contributed by atoms with Crippen molar-refractivity contribution in [3.05, 3.63) is 75.1 Å². The van der Waals surface area contributed by atoms with Crippen LogP contribution in [0.4, 0.5) is 4.79 Å². The number of rotatable bonds is 7. The van der Waals surface area contributed by atoms with Gasteiger partial charge in [0.25, 0.3) is 11.1 Å². The van der Waals surface area contributed by atoms with Gasteiger partial charge in [-0.1, -0.05) is 65.3 Å². The molecule has 0 saturated carbocycles. The van der Waals surface area contributed by atoms with E-state index in [1.165, 1.54) is 4.90 Å². The summed E-state index contributed by atoms with van der Waals surface area (Å²) in [5.74, 6) is 0.870. The van der Waals surface area contributed by atoms with Crippen LogP contribution in [-0.4, -0.2) is 29.2 Å². The number of imide groups is 1. The summed E-state index contributed by atoms with van der Waals surface area (Å²) in [5.41, 5.74) is 1.81. The number of methoxy groups -OCH3 is 1. The van der Waals surface area contributed by atoms with E-state index in [-0.39, 0.29) is 17.2 Å². The van der Waals surface area contributed by atoms with E-state index in [1.54, 1.807) is 19.3 Å². The largest absolute Gasteiger partial charge is 0.493 e. The minimum absolute atomic E-state index is 0.133. The number of carbonyl (C=O) groups excluding carboxylic acids is 2. The van der Waals surface area contributed by atoms with E-state index in [2.05, 4.69) is 34.1 Å². The molecular weight excluding hydrogens is 502 g/mol. The summed E-state index contributed by atoms with van der Waals surface area (Å²) in [6.07, 6.45) is 2.43. The fourth-order valence-electron chi connectivity index (χ4n) is 3.69. The molecule has 0 aliphatic carbocycles. The Bertz CT molecular complexity index is 1250. The highest BCUT2D eigenvalue weighted by Crippen LogP contribution is 2.39. The van der Waals surface area contributed by atoms with Gasteiger partial charge >= 0.3 is 0 Å². The van der Waals surface area contributed by atoms with Crippen LogP contribution in [0.1, 0.15) is 31.4 Å². The molecular formula is C26H24BrNO4S. The number of thioether (sulfide) groups is 1. The molecule has 1 atom stereocenters. The van der Waals surface area contributed by atoms with Crippen molar-refractivity contribution in [3.8, 4) is 11.5 Å². The van der Waals surface area contributed by atoms with E-state index < -0.39 is 0 Å². The van der Waals surface area contributed by atoms with Gasteiger partial charge in [0, 0.05) is 10.5 Å². The zero-order chi connectivity index (χ0) is 23.5. The van der Waals surface area contributed by atoms with Crippen LogP contribution in [-0.2, 0) is 11.4 Å². The molecule has 0 bridgehead atoms. The van der Waals surface area contributed by atoms with Gasteiger partial charge in [0.05, 0.1) is 12.0 Å². The van der Waals surface area contributed by atoms with Crippen molar-refractivity contribution in [2.45, 2.75) is 32.9 Å². The molecule has 0 aromatic heterocycles. The molecule has 33 heavy (non-hydrogen) atoms. The summed E-state index contributed by atoms with van der Waals surface area (Å²) in [6.45, 7) is 4.22. The first-order valence-electron chi connectivity index (χ1n) is 10.7. The average Bonchev–Trinajstić information content (AvgIpc) is 3.11. The summed E-state index contributed by atoms with van der Waals surface area (Å²) in [5, 5.41) is 2.07. The molecule has 0 spiro atoms. The Morgan fingerprint density at radius 1 is 1.09 bits per heavy atom. The maximum absolute atomic E-state index is 12.8. The Labute approximate surface area is 205 Å². The number of carbonyl (C=O) groups is 2. The van der Waals surface area contributed by atoms with E-state index in [0.717, 1.165) is 38.1 Å². The Kier molecular flexibility index (Phi) is 7.10. The highest BCUT2D eigenvalue weighted by atomic mass is 79.9. The Balaban J connectivity index is 1.59. The number of hydrogen-bond acceptors (Lipinski definition) is 5. The normalized spacial score (nSPS) is 16.0. The molecule has 5 nitrogen and oxygen atoms in total. The zero-order valence-electron chi connectivity index (χ0n) is 18.6. The highest BCUT2D eigenvalue weighted by molar-refractivity contribution is 9.10. The Morgan fingerprint density at radius 2 is 1.85 bits per heavy atom. The summed E-state index contributed by atoms with van der Waals surface area (Å²) in [6, 6.07) is 17.8. The number of halogens is 1. The molecule has 1 heterocycles. The lowest BCUT2D eigenvalue weighted by Gasteiger charge is -2.19. The van der Waals surface area contributed by atoms with E-state index in [1.807, 2.05) is 44.2 Å². The lowest BCUT2D eigenvalue weighted by atomic mass is 10.1. The molecule has 170 valence electrons. The van der Waals surface area contributed by atoms with Crippen LogP contribution in [0, 0.1) is 0 Å². The fraction of sp³-hybridized carbons (Fsp3) is 0.231. The van der Waals surface area contributed by atoms with Crippen molar-refractivity contribution in [2.75, 3.05) is 7.11 Å². The highest BCUT2D eigenvalue weighted by Gasteiger charge is 2.37. The first kappa shape index (κ1) is 23.4. The van der Waals surface area contributed by atoms with Crippen molar-refractivity contribution in [1.29, 1.82) is 0 Å². The number of hydrogen-bond donors (Lipinski definition) is 0. The summed E-state index contributed by atoms with van der Waals surface area (Å²) < 4.78 is 12.4. The van der Waals surface area contributed by atoms with Crippen LogP contribution in [0.3, 0.4) is 0 Å². The van der Waals surface area contributed by atoms with Crippen LogP contribution in [0.5, 0.6) is 11.5 Å². The number of fused-ring (bicyclic) bond motifs is 1. The molecule has 0 N–H and O–H groups in total. The minimum atomic E-state index is -0.263. The van der Waals surface area contributed by atoms with Gasteiger partial charge in [0.15, 0.2) is 11.5 Å².